The zero-order valence-corrected chi connectivity index (χ0v) is 13.7. The summed E-state index contributed by atoms with van der Waals surface area (Å²) in [4.78, 5) is 1.04. The van der Waals surface area contributed by atoms with E-state index in [9.17, 15) is 0 Å². The Kier molecular flexibility index (Phi) is 4.92. The van der Waals surface area contributed by atoms with Crippen molar-refractivity contribution in [1.82, 2.24) is 15.0 Å². The molecule has 0 spiro atoms. The van der Waals surface area contributed by atoms with E-state index in [0.29, 0.717) is 6.61 Å². The first-order valence-electron chi connectivity index (χ1n) is 6.99. The Hall–Kier alpha value is -1.50. The lowest BCUT2D eigenvalue weighted by Gasteiger charge is -2.22. The molecular weight excluding hydrogens is 284 g/mol. The van der Waals surface area contributed by atoms with Crippen LogP contribution in [0.3, 0.4) is 0 Å². The smallest absolute Gasteiger partial charge is 0.119 e. The van der Waals surface area contributed by atoms with Gasteiger partial charge in [-0.2, -0.15) is 0 Å². The largest absolute Gasteiger partial charge is 0.494 e. The van der Waals surface area contributed by atoms with E-state index in [1.165, 1.54) is 11.5 Å². The first-order valence-corrected chi connectivity index (χ1v) is 7.76. The Morgan fingerprint density at radius 3 is 2.76 bits per heavy atom. The summed E-state index contributed by atoms with van der Waals surface area (Å²) in [7, 11) is 0. The van der Waals surface area contributed by atoms with Gasteiger partial charge in [-0.25, -0.2) is 5.43 Å². The van der Waals surface area contributed by atoms with Crippen molar-refractivity contribution in [2.45, 2.75) is 39.2 Å². The Morgan fingerprint density at radius 2 is 2.14 bits per heavy atom. The highest BCUT2D eigenvalue weighted by atomic mass is 32.1. The maximum atomic E-state index is 5.79. The summed E-state index contributed by atoms with van der Waals surface area (Å²) >= 11 is 1.38. The normalized spacial score (nSPS) is 13.2. The molecule has 5 nitrogen and oxygen atoms in total. The molecular formula is C15H22N4OS. The fourth-order valence-electron chi connectivity index (χ4n) is 2.18. The first-order chi connectivity index (χ1) is 9.97. The summed E-state index contributed by atoms with van der Waals surface area (Å²) in [6.45, 7) is 8.97. The standard InChI is InChI=1S/C15H22N4OS/c1-5-20-11-8-6-7-10(9-11)12(17-16)13-14(15(2,3)4)18-19-21-13/h6-9,12,17H,5,16H2,1-4H3. The highest BCUT2D eigenvalue weighted by Gasteiger charge is 2.27. The summed E-state index contributed by atoms with van der Waals surface area (Å²) < 4.78 is 9.67. The highest BCUT2D eigenvalue weighted by Crippen LogP contribution is 2.34. The van der Waals surface area contributed by atoms with Crippen molar-refractivity contribution in [2.75, 3.05) is 6.61 Å². The minimum Gasteiger partial charge on any atom is -0.494 e. The summed E-state index contributed by atoms with van der Waals surface area (Å²) in [5, 5.41) is 4.28. The van der Waals surface area contributed by atoms with Crippen LogP contribution in [0.2, 0.25) is 0 Å². The van der Waals surface area contributed by atoms with E-state index in [4.69, 9.17) is 10.6 Å². The van der Waals surface area contributed by atoms with Crippen molar-refractivity contribution in [3.8, 4) is 5.75 Å². The van der Waals surface area contributed by atoms with E-state index in [0.717, 1.165) is 21.9 Å². The van der Waals surface area contributed by atoms with Gasteiger partial charge in [-0.1, -0.05) is 37.4 Å². The quantitative estimate of drug-likeness (QED) is 0.656. The number of benzene rings is 1. The van der Waals surface area contributed by atoms with Crippen molar-refractivity contribution < 1.29 is 4.74 Å². The average Bonchev–Trinajstić information content (AvgIpc) is 2.90. The molecule has 0 aliphatic rings. The van der Waals surface area contributed by atoms with Crippen molar-refractivity contribution in [1.29, 1.82) is 0 Å². The lowest BCUT2D eigenvalue weighted by Crippen LogP contribution is -2.30. The lowest BCUT2D eigenvalue weighted by atomic mass is 9.89. The molecule has 2 aromatic rings. The van der Waals surface area contributed by atoms with Gasteiger partial charge in [0.25, 0.3) is 0 Å². The second-order valence-corrected chi connectivity index (χ2v) is 6.63. The third-order valence-corrected chi connectivity index (χ3v) is 3.94. The van der Waals surface area contributed by atoms with Gasteiger partial charge in [-0.05, 0) is 36.2 Å². The second kappa shape index (κ2) is 6.51. The average molecular weight is 306 g/mol. The van der Waals surface area contributed by atoms with Crippen LogP contribution in [0.5, 0.6) is 5.75 Å². The molecule has 2 rings (SSSR count). The van der Waals surface area contributed by atoms with Crippen LogP contribution >= 0.6 is 11.5 Å². The van der Waals surface area contributed by atoms with Gasteiger partial charge in [0.05, 0.1) is 23.2 Å². The van der Waals surface area contributed by atoms with Crippen LogP contribution < -0.4 is 16.0 Å². The van der Waals surface area contributed by atoms with Gasteiger partial charge in [0.2, 0.25) is 0 Å². The maximum Gasteiger partial charge on any atom is 0.119 e. The Balaban J connectivity index is 2.41. The fraction of sp³-hybridized carbons (Fsp3) is 0.467. The van der Waals surface area contributed by atoms with Crippen LogP contribution in [0.1, 0.15) is 49.9 Å². The molecule has 0 aliphatic heterocycles. The van der Waals surface area contributed by atoms with Gasteiger partial charge in [0, 0.05) is 5.41 Å². The molecule has 0 bridgehead atoms. The monoisotopic (exact) mass is 306 g/mol. The van der Waals surface area contributed by atoms with Crippen molar-refractivity contribution in [2.24, 2.45) is 5.84 Å². The zero-order valence-electron chi connectivity index (χ0n) is 12.9. The molecule has 21 heavy (non-hydrogen) atoms. The molecule has 0 amide bonds. The van der Waals surface area contributed by atoms with Gasteiger partial charge >= 0.3 is 0 Å². The summed E-state index contributed by atoms with van der Waals surface area (Å²) in [6, 6.07) is 7.80. The topological polar surface area (TPSA) is 73.1 Å². The molecule has 6 heteroatoms. The molecule has 0 saturated heterocycles. The number of nitrogens with one attached hydrogen (secondary N) is 1. The van der Waals surface area contributed by atoms with Crippen LogP contribution in [0, 0.1) is 0 Å². The van der Waals surface area contributed by atoms with Gasteiger partial charge in [-0.15, -0.1) is 5.10 Å². The molecule has 3 N–H and O–H groups in total. The van der Waals surface area contributed by atoms with E-state index >= 15 is 0 Å². The van der Waals surface area contributed by atoms with Gasteiger partial charge in [0.15, 0.2) is 0 Å². The number of nitrogens with two attached hydrogens (primary N) is 1. The van der Waals surface area contributed by atoms with Gasteiger partial charge < -0.3 is 4.74 Å². The predicted molar refractivity (Wildman–Crippen MR) is 85.4 cm³/mol. The fourth-order valence-corrected chi connectivity index (χ4v) is 3.13. The molecule has 1 heterocycles. The zero-order chi connectivity index (χ0) is 15.5. The minimum atomic E-state index is -0.139. The van der Waals surface area contributed by atoms with E-state index in [1.807, 2.05) is 31.2 Å². The van der Waals surface area contributed by atoms with Gasteiger partial charge in [-0.3, -0.25) is 5.84 Å². The van der Waals surface area contributed by atoms with Crippen molar-refractivity contribution in [3.63, 3.8) is 0 Å². The van der Waals surface area contributed by atoms with Crippen LogP contribution in [-0.2, 0) is 5.41 Å². The molecule has 1 atom stereocenters. The SMILES string of the molecule is CCOc1cccc(C(NN)c2snnc2C(C)(C)C)c1. The summed E-state index contributed by atoms with van der Waals surface area (Å²) in [5.74, 6) is 6.63. The summed E-state index contributed by atoms with van der Waals surface area (Å²) in [6.07, 6.45) is 0. The van der Waals surface area contributed by atoms with Crippen LogP contribution in [-0.4, -0.2) is 16.2 Å². The lowest BCUT2D eigenvalue weighted by molar-refractivity contribution is 0.339. The number of nitrogens with zero attached hydrogens (tertiary/aromatic N) is 2. The van der Waals surface area contributed by atoms with Crippen LogP contribution in [0.25, 0.3) is 0 Å². The van der Waals surface area contributed by atoms with Crippen LogP contribution in [0.4, 0.5) is 0 Å². The van der Waals surface area contributed by atoms with E-state index in [2.05, 4.69) is 35.8 Å². The molecule has 114 valence electrons. The second-order valence-electron chi connectivity index (χ2n) is 5.84. The molecule has 0 fully saturated rings. The number of hydrogen-bond donors (Lipinski definition) is 2. The molecule has 0 radical (unpaired) electrons. The number of hydrazine groups is 1. The third-order valence-electron chi connectivity index (χ3n) is 3.16. The third kappa shape index (κ3) is 3.58. The van der Waals surface area contributed by atoms with E-state index in [1.54, 1.807) is 0 Å². The van der Waals surface area contributed by atoms with E-state index < -0.39 is 0 Å². The Morgan fingerprint density at radius 1 is 1.38 bits per heavy atom. The molecule has 1 unspecified atom stereocenters. The predicted octanol–water partition coefficient (Wildman–Crippen LogP) is 2.79. The summed E-state index contributed by atoms with van der Waals surface area (Å²) in [5.41, 5.74) is 4.81. The highest BCUT2D eigenvalue weighted by molar-refractivity contribution is 7.05. The van der Waals surface area contributed by atoms with Crippen molar-refractivity contribution >= 4 is 11.5 Å². The molecule has 1 aromatic carbocycles. The minimum absolute atomic E-state index is 0.0744. The number of aromatic nitrogens is 2. The number of rotatable bonds is 5. The van der Waals surface area contributed by atoms with Crippen molar-refractivity contribution in [3.05, 3.63) is 40.4 Å². The Labute approximate surface area is 129 Å². The van der Waals surface area contributed by atoms with Gasteiger partial charge in [0.1, 0.15) is 5.75 Å². The van der Waals surface area contributed by atoms with Crippen LogP contribution in [0.15, 0.2) is 24.3 Å². The number of ether oxygens (including phenoxy) is 1. The van der Waals surface area contributed by atoms with E-state index in [-0.39, 0.29) is 11.5 Å². The maximum absolute atomic E-state index is 5.79. The molecule has 1 aromatic heterocycles. The number of hydrogen-bond acceptors (Lipinski definition) is 6. The first kappa shape index (κ1) is 15.9. The Bertz CT molecular complexity index is 591. The molecule has 0 saturated carbocycles. The molecule has 0 aliphatic carbocycles.